The maximum Gasteiger partial charge on any atom is 0.224 e. The number of piperidine rings is 1. The third-order valence-electron chi connectivity index (χ3n) is 4.84. The lowest BCUT2D eigenvalue weighted by molar-refractivity contribution is -0.126. The SMILES string of the molecule is O=C(NCCc1ccccc1)[C@@H]1CCCN(Cc2ccc(Cl)cc2Cl)C1. The molecule has 0 bridgehead atoms. The van der Waals surface area contributed by atoms with E-state index in [0.717, 1.165) is 44.5 Å². The number of hydrogen-bond donors (Lipinski definition) is 1. The van der Waals surface area contributed by atoms with Gasteiger partial charge in [-0.05, 0) is 49.1 Å². The minimum absolute atomic E-state index is 0.0469. The van der Waals surface area contributed by atoms with E-state index >= 15 is 0 Å². The van der Waals surface area contributed by atoms with Gasteiger partial charge in [0.25, 0.3) is 0 Å². The molecule has 3 rings (SSSR count). The van der Waals surface area contributed by atoms with Gasteiger partial charge in [-0.25, -0.2) is 0 Å². The van der Waals surface area contributed by atoms with Gasteiger partial charge >= 0.3 is 0 Å². The fourth-order valence-electron chi connectivity index (χ4n) is 3.42. The summed E-state index contributed by atoms with van der Waals surface area (Å²) < 4.78 is 0. The molecule has 1 atom stereocenters. The van der Waals surface area contributed by atoms with Crippen LogP contribution in [0.25, 0.3) is 0 Å². The van der Waals surface area contributed by atoms with Crippen LogP contribution in [-0.4, -0.2) is 30.4 Å². The molecule has 0 unspecified atom stereocenters. The van der Waals surface area contributed by atoms with Crippen molar-refractivity contribution in [3.05, 3.63) is 69.7 Å². The molecule has 0 radical (unpaired) electrons. The van der Waals surface area contributed by atoms with E-state index in [1.54, 1.807) is 6.07 Å². The van der Waals surface area contributed by atoms with Gasteiger partial charge in [-0.3, -0.25) is 9.69 Å². The Morgan fingerprint density at radius 2 is 1.96 bits per heavy atom. The Hall–Kier alpha value is -1.55. The number of nitrogens with one attached hydrogen (secondary N) is 1. The third kappa shape index (κ3) is 5.47. The molecule has 1 aliphatic rings. The summed E-state index contributed by atoms with van der Waals surface area (Å²) in [7, 11) is 0. The summed E-state index contributed by atoms with van der Waals surface area (Å²) in [6.07, 6.45) is 2.84. The Morgan fingerprint density at radius 1 is 1.15 bits per heavy atom. The van der Waals surface area contributed by atoms with Gasteiger partial charge in [-0.1, -0.05) is 59.6 Å². The van der Waals surface area contributed by atoms with Crippen molar-refractivity contribution in [2.75, 3.05) is 19.6 Å². The minimum atomic E-state index is 0.0469. The van der Waals surface area contributed by atoms with Crippen LogP contribution in [0.4, 0.5) is 0 Å². The van der Waals surface area contributed by atoms with Crippen LogP contribution in [0, 0.1) is 5.92 Å². The molecular weight excluding hydrogens is 367 g/mol. The van der Waals surface area contributed by atoms with Gasteiger partial charge in [-0.15, -0.1) is 0 Å². The summed E-state index contributed by atoms with van der Waals surface area (Å²) >= 11 is 12.3. The van der Waals surface area contributed by atoms with Crippen LogP contribution in [0.3, 0.4) is 0 Å². The number of hydrogen-bond acceptors (Lipinski definition) is 2. The molecule has 1 amide bonds. The predicted octanol–water partition coefficient (Wildman–Crippen LogP) is 4.56. The first-order valence-corrected chi connectivity index (χ1v) is 9.85. The smallest absolute Gasteiger partial charge is 0.224 e. The third-order valence-corrected chi connectivity index (χ3v) is 5.43. The molecule has 1 heterocycles. The minimum Gasteiger partial charge on any atom is -0.355 e. The van der Waals surface area contributed by atoms with E-state index in [9.17, 15) is 4.79 Å². The average molecular weight is 391 g/mol. The lowest BCUT2D eigenvalue weighted by Gasteiger charge is -2.32. The van der Waals surface area contributed by atoms with Crippen LogP contribution in [-0.2, 0) is 17.8 Å². The Morgan fingerprint density at radius 3 is 2.73 bits per heavy atom. The van der Waals surface area contributed by atoms with E-state index in [1.165, 1.54) is 5.56 Å². The van der Waals surface area contributed by atoms with Crippen molar-refractivity contribution in [3.8, 4) is 0 Å². The topological polar surface area (TPSA) is 32.3 Å². The van der Waals surface area contributed by atoms with Crippen LogP contribution in [0.2, 0.25) is 10.0 Å². The highest BCUT2D eigenvalue weighted by molar-refractivity contribution is 6.35. The van der Waals surface area contributed by atoms with E-state index in [4.69, 9.17) is 23.2 Å². The molecule has 0 aromatic heterocycles. The van der Waals surface area contributed by atoms with E-state index in [2.05, 4.69) is 22.3 Å². The molecule has 1 N–H and O–H groups in total. The van der Waals surface area contributed by atoms with Crippen molar-refractivity contribution in [1.29, 1.82) is 0 Å². The first-order chi connectivity index (χ1) is 12.6. The first-order valence-electron chi connectivity index (χ1n) is 9.10. The van der Waals surface area contributed by atoms with Crippen molar-refractivity contribution < 1.29 is 4.79 Å². The van der Waals surface area contributed by atoms with Crippen LogP contribution in [0.15, 0.2) is 48.5 Å². The molecule has 26 heavy (non-hydrogen) atoms. The zero-order chi connectivity index (χ0) is 18.4. The van der Waals surface area contributed by atoms with Gasteiger partial charge in [0.1, 0.15) is 0 Å². The van der Waals surface area contributed by atoms with Crippen LogP contribution < -0.4 is 5.32 Å². The summed E-state index contributed by atoms with van der Waals surface area (Å²) in [6, 6.07) is 15.8. The van der Waals surface area contributed by atoms with Crippen LogP contribution in [0.5, 0.6) is 0 Å². The van der Waals surface area contributed by atoms with Crippen molar-refractivity contribution in [2.45, 2.75) is 25.8 Å². The molecule has 1 aliphatic heterocycles. The van der Waals surface area contributed by atoms with Gasteiger partial charge in [0.05, 0.1) is 5.92 Å². The van der Waals surface area contributed by atoms with E-state index in [-0.39, 0.29) is 11.8 Å². The normalized spacial score (nSPS) is 17.8. The Balaban J connectivity index is 1.48. The quantitative estimate of drug-likeness (QED) is 0.783. The number of benzene rings is 2. The van der Waals surface area contributed by atoms with Gasteiger partial charge in [-0.2, -0.15) is 0 Å². The molecule has 2 aromatic rings. The second kappa shape index (κ2) is 9.40. The maximum absolute atomic E-state index is 12.5. The molecular formula is C21H24Cl2N2O. The van der Waals surface area contributed by atoms with Crippen molar-refractivity contribution in [1.82, 2.24) is 10.2 Å². The number of halogens is 2. The number of amides is 1. The monoisotopic (exact) mass is 390 g/mol. The fourth-order valence-corrected chi connectivity index (χ4v) is 3.89. The summed E-state index contributed by atoms with van der Waals surface area (Å²) in [4.78, 5) is 14.8. The standard InChI is InChI=1S/C21H24Cl2N2O/c22-19-9-8-17(20(23)13-19)14-25-12-4-7-18(15-25)21(26)24-11-10-16-5-2-1-3-6-16/h1-3,5-6,8-9,13,18H,4,7,10-12,14-15H2,(H,24,26)/t18-/m1/s1. The summed E-state index contributed by atoms with van der Waals surface area (Å²) in [5.41, 5.74) is 2.30. The van der Waals surface area contributed by atoms with E-state index in [0.29, 0.717) is 16.6 Å². The molecule has 2 aromatic carbocycles. The molecule has 1 saturated heterocycles. The van der Waals surface area contributed by atoms with Crippen molar-refractivity contribution in [2.24, 2.45) is 5.92 Å². The number of likely N-dealkylation sites (tertiary alicyclic amines) is 1. The van der Waals surface area contributed by atoms with E-state index in [1.807, 2.05) is 30.3 Å². The molecule has 3 nitrogen and oxygen atoms in total. The summed E-state index contributed by atoms with van der Waals surface area (Å²) in [6.45, 7) is 3.20. The second-order valence-corrected chi connectivity index (χ2v) is 7.68. The molecule has 138 valence electrons. The van der Waals surface area contributed by atoms with Crippen molar-refractivity contribution in [3.63, 3.8) is 0 Å². The highest BCUT2D eigenvalue weighted by atomic mass is 35.5. The zero-order valence-electron chi connectivity index (χ0n) is 14.8. The number of carbonyl (C=O) groups excluding carboxylic acids is 1. The van der Waals surface area contributed by atoms with E-state index < -0.39 is 0 Å². The molecule has 1 fully saturated rings. The fraction of sp³-hybridized carbons (Fsp3) is 0.381. The van der Waals surface area contributed by atoms with Crippen LogP contribution >= 0.6 is 23.2 Å². The lowest BCUT2D eigenvalue weighted by atomic mass is 9.96. The Labute approximate surface area is 165 Å². The highest BCUT2D eigenvalue weighted by Gasteiger charge is 2.25. The zero-order valence-corrected chi connectivity index (χ0v) is 16.3. The van der Waals surface area contributed by atoms with Gasteiger partial charge in [0, 0.05) is 29.7 Å². The molecule has 0 saturated carbocycles. The lowest BCUT2D eigenvalue weighted by Crippen LogP contribution is -2.43. The first kappa shape index (κ1) is 19.2. The molecule has 0 aliphatic carbocycles. The second-order valence-electron chi connectivity index (χ2n) is 6.84. The van der Waals surface area contributed by atoms with Gasteiger partial charge < -0.3 is 5.32 Å². The number of nitrogens with zero attached hydrogens (tertiary/aromatic N) is 1. The number of rotatable bonds is 6. The summed E-state index contributed by atoms with van der Waals surface area (Å²) in [5.74, 6) is 0.207. The van der Waals surface area contributed by atoms with Crippen LogP contribution in [0.1, 0.15) is 24.0 Å². The van der Waals surface area contributed by atoms with Crippen molar-refractivity contribution >= 4 is 29.1 Å². The van der Waals surface area contributed by atoms with Gasteiger partial charge in [0.2, 0.25) is 5.91 Å². The average Bonchev–Trinajstić information content (AvgIpc) is 2.65. The largest absolute Gasteiger partial charge is 0.355 e. The predicted molar refractivity (Wildman–Crippen MR) is 108 cm³/mol. The molecule has 0 spiro atoms. The highest BCUT2D eigenvalue weighted by Crippen LogP contribution is 2.25. The maximum atomic E-state index is 12.5. The summed E-state index contributed by atoms with van der Waals surface area (Å²) in [5, 5.41) is 4.43. The molecule has 5 heteroatoms. The van der Waals surface area contributed by atoms with Gasteiger partial charge in [0.15, 0.2) is 0 Å². The Bertz CT molecular complexity index is 736. The number of carbonyl (C=O) groups is 1. The Kier molecular flexibility index (Phi) is 6.95.